The van der Waals surface area contributed by atoms with Crippen LogP contribution < -0.4 is 0 Å². The highest BCUT2D eigenvalue weighted by Gasteiger charge is 2.80. The zero-order chi connectivity index (χ0) is 29.2. The summed E-state index contributed by atoms with van der Waals surface area (Å²) < 4.78 is 6.87. The molecule has 1 aromatic rings. The Morgan fingerprint density at radius 1 is 1.18 bits per heavy atom. The minimum Gasteiger partial charge on any atom is -0.394 e. The third kappa shape index (κ3) is 4.79. The number of carbonyl (C=O) groups excluding carboxylic acids is 3. The van der Waals surface area contributed by atoms with E-state index in [2.05, 4.69) is 20.1 Å². The normalized spacial score (nSPS) is 31.1. The number of carbonyl (C=O) groups is 3. The molecule has 0 saturated carbocycles. The topological polar surface area (TPSA) is 90.4 Å². The molecule has 0 aliphatic carbocycles. The van der Waals surface area contributed by atoms with Gasteiger partial charge in [-0.2, -0.15) is 0 Å². The fourth-order valence-corrected chi connectivity index (χ4v) is 7.25. The van der Waals surface area contributed by atoms with Gasteiger partial charge in [-0.05, 0) is 38.2 Å². The van der Waals surface area contributed by atoms with Crippen molar-refractivity contribution < 1.29 is 24.2 Å². The Hall–Kier alpha value is -2.97. The second-order valence-corrected chi connectivity index (χ2v) is 11.9. The van der Waals surface area contributed by atoms with Gasteiger partial charge in [0.2, 0.25) is 17.7 Å². The number of nitrogens with zero attached hydrogens (tertiary/aromatic N) is 3. The molecule has 1 N–H and O–H groups in total. The van der Waals surface area contributed by atoms with Gasteiger partial charge in [0.15, 0.2) is 0 Å². The highest BCUT2D eigenvalue weighted by Crippen LogP contribution is 2.65. The Balaban J connectivity index is 1.78. The van der Waals surface area contributed by atoms with E-state index in [0.29, 0.717) is 32.6 Å². The number of fused-ring (bicyclic) bond motifs is 1. The number of ether oxygens (including phenoxy) is 1. The zero-order valence-corrected chi connectivity index (χ0v) is 24.4. The highest BCUT2D eigenvalue weighted by atomic mass is 16.5. The molecule has 3 unspecified atom stereocenters. The van der Waals surface area contributed by atoms with Crippen LogP contribution in [0.2, 0.25) is 0 Å². The van der Waals surface area contributed by atoms with E-state index in [1.54, 1.807) is 28.9 Å². The molecule has 3 heterocycles. The fraction of sp³-hybridized carbons (Fsp3) is 0.594. The van der Waals surface area contributed by atoms with Crippen molar-refractivity contribution >= 4 is 17.7 Å². The predicted molar refractivity (Wildman–Crippen MR) is 154 cm³/mol. The maximum Gasteiger partial charge on any atom is 0.248 e. The summed E-state index contributed by atoms with van der Waals surface area (Å²) in [7, 11) is 0. The van der Waals surface area contributed by atoms with Crippen molar-refractivity contribution in [2.24, 2.45) is 17.8 Å². The lowest BCUT2D eigenvalue weighted by Gasteiger charge is -2.39. The smallest absolute Gasteiger partial charge is 0.248 e. The minimum atomic E-state index is -1.15. The van der Waals surface area contributed by atoms with Crippen LogP contribution in [0.1, 0.15) is 52.5 Å². The average Bonchev–Trinajstić information content (AvgIpc) is 3.46. The van der Waals surface area contributed by atoms with Crippen LogP contribution in [0.25, 0.3) is 0 Å². The Bertz CT molecular complexity index is 1120. The van der Waals surface area contributed by atoms with Crippen LogP contribution in [-0.2, 0) is 25.7 Å². The molecule has 1 aromatic carbocycles. The largest absolute Gasteiger partial charge is 0.394 e. The molecule has 4 rings (SSSR count). The summed E-state index contributed by atoms with van der Waals surface area (Å²) in [6, 6.07) is 8.21. The third-order valence-electron chi connectivity index (χ3n) is 9.31. The molecule has 3 aliphatic rings. The van der Waals surface area contributed by atoms with E-state index in [4.69, 9.17) is 4.74 Å². The number of rotatable bonds is 13. The van der Waals surface area contributed by atoms with Crippen molar-refractivity contribution in [2.45, 2.75) is 76.8 Å². The maximum atomic E-state index is 14.4. The summed E-state index contributed by atoms with van der Waals surface area (Å²) in [5.41, 5.74) is -1.08. The van der Waals surface area contributed by atoms with E-state index >= 15 is 0 Å². The molecule has 0 aromatic heterocycles. The first-order chi connectivity index (χ1) is 19.1. The van der Waals surface area contributed by atoms with Gasteiger partial charge in [0.25, 0.3) is 0 Å². The third-order valence-corrected chi connectivity index (χ3v) is 9.31. The first-order valence-electron chi connectivity index (χ1n) is 14.6. The summed E-state index contributed by atoms with van der Waals surface area (Å²) in [6.07, 6.45) is 5.61. The summed E-state index contributed by atoms with van der Waals surface area (Å²) in [4.78, 5) is 48.1. The van der Waals surface area contributed by atoms with Crippen LogP contribution >= 0.6 is 0 Å². The monoisotopic (exact) mass is 551 g/mol. The fourth-order valence-electron chi connectivity index (χ4n) is 7.25. The number of amides is 3. The number of unbranched alkanes of at least 4 members (excludes halogenated alkanes) is 1. The van der Waals surface area contributed by atoms with Gasteiger partial charge >= 0.3 is 0 Å². The van der Waals surface area contributed by atoms with Crippen LogP contribution in [0, 0.1) is 17.8 Å². The van der Waals surface area contributed by atoms with E-state index < -0.39 is 35.1 Å². The molecule has 218 valence electrons. The van der Waals surface area contributed by atoms with Gasteiger partial charge in [-0.3, -0.25) is 14.4 Å². The number of hydrogen-bond donors (Lipinski definition) is 1. The van der Waals surface area contributed by atoms with Gasteiger partial charge in [-0.1, -0.05) is 62.8 Å². The molecule has 3 fully saturated rings. The number of hydrogen-bond acceptors (Lipinski definition) is 5. The van der Waals surface area contributed by atoms with Crippen molar-refractivity contribution in [1.82, 2.24) is 14.7 Å². The van der Waals surface area contributed by atoms with Crippen molar-refractivity contribution in [3.8, 4) is 0 Å². The van der Waals surface area contributed by atoms with E-state index in [0.717, 1.165) is 18.4 Å². The van der Waals surface area contributed by atoms with Crippen LogP contribution in [0.5, 0.6) is 0 Å². The molecule has 7 atom stereocenters. The SMILES string of the molecule is C=CCN(CCCC)C(=O)C1N([C@H](C)CO)C(=O)[C@@H]2[C@@H](C(=O)N(CC=C)Cc3ccccc3)[C@]3(C)OC12CC3C. The molecule has 3 saturated heterocycles. The van der Waals surface area contributed by atoms with Crippen LogP contribution in [0.3, 0.4) is 0 Å². The molecule has 2 bridgehead atoms. The lowest BCUT2D eigenvalue weighted by Crippen LogP contribution is -2.58. The van der Waals surface area contributed by atoms with Crippen molar-refractivity contribution in [3.63, 3.8) is 0 Å². The lowest BCUT2D eigenvalue weighted by molar-refractivity contribution is -0.157. The Labute approximate surface area is 238 Å². The molecule has 8 heteroatoms. The molecule has 1 spiro atoms. The van der Waals surface area contributed by atoms with Crippen LogP contribution in [0.4, 0.5) is 0 Å². The minimum absolute atomic E-state index is 0.0593. The highest BCUT2D eigenvalue weighted by molar-refractivity contribution is 5.99. The molecule has 40 heavy (non-hydrogen) atoms. The molecular weight excluding hydrogens is 506 g/mol. The molecule has 8 nitrogen and oxygen atoms in total. The van der Waals surface area contributed by atoms with Crippen molar-refractivity contribution in [1.29, 1.82) is 0 Å². The van der Waals surface area contributed by atoms with Gasteiger partial charge in [0.1, 0.15) is 11.6 Å². The van der Waals surface area contributed by atoms with Crippen molar-refractivity contribution in [3.05, 3.63) is 61.2 Å². The Morgan fingerprint density at radius 2 is 1.82 bits per heavy atom. The summed E-state index contributed by atoms with van der Waals surface area (Å²) in [5.74, 6) is -2.30. The summed E-state index contributed by atoms with van der Waals surface area (Å²) in [6.45, 7) is 16.8. The zero-order valence-electron chi connectivity index (χ0n) is 24.4. The second kappa shape index (κ2) is 11.9. The number of aliphatic hydroxyl groups is 1. The first-order valence-corrected chi connectivity index (χ1v) is 14.6. The van der Waals surface area contributed by atoms with E-state index in [1.165, 1.54) is 4.90 Å². The molecular formula is C32H45N3O5. The summed E-state index contributed by atoms with van der Waals surface area (Å²) in [5, 5.41) is 10.2. The number of aliphatic hydroxyl groups excluding tert-OH is 1. The summed E-state index contributed by atoms with van der Waals surface area (Å²) >= 11 is 0. The average molecular weight is 552 g/mol. The Kier molecular flexibility index (Phi) is 8.90. The second-order valence-electron chi connectivity index (χ2n) is 11.9. The maximum absolute atomic E-state index is 14.4. The van der Waals surface area contributed by atoms with Crippen LogP contribution in [0.15, 0.2) is 55.6 Å². The van der Waals surface area contributed by atoms with Gasteiger partial charge in [0, 0.05) is 26.2 Å². The van der Waals surface area contributed by atoms with E-state index in [9.17, 15) is 19.5 Å². The predicted octanol–water partition coefficient (Wildman–Crippen LogP) is 3.41. The van der Waals surface area contributed by atoms with Crippen molar-refractivity contribution in [2.75, 3.05) is 26.2 Å². The molecule has 3 amide bonds. The van der Waals surface area contributed by atoms with Crippen LogP contribution in [-0.4, -0.2) is 87.1 Å². The lowest BCUT2D eigenvalue weighted by atomic mass is 9.62. The molecule has 3 aliphatic heterocycles. The van der Waals surface area contributed by atoms with Gasteiger partial charge in [-0.25, -0.2) is 0 Å². The molecule has 0 radical (unpaired) electrons. The van der Waals surface area contributed by atoms with E-state index in [1.807, 2.05) is 44.2 Å². The number of likely N-dealkylation sites (tertiary alicyclic amines) is 1. The quantitative estimate of drug-likeness (QED) is 0.380. The van der Waals surface area contributed by atoms with Gasteiger partial charge < -0.3 is 24.5 Å². The van der Waals surface area contributed by atoms with E-state index in [-0.39, 0.29) is 30.2 Å². The van der Waals surface area contributed by atoms with Gasteiger partial charge in [-0.15, -0.1) is 13.2 Å². The first kappa shape index (κ1) is 30.0. The standard InChI is InChI=1S/C32H45N3O5/c1-7-10-18-33(16-8-2)30(39)27-32-19-22(4)31(6,40-32)25(26(32)29(38)35(27)23(5)21-36)28(37)34(17-9-3)20-24-14-12-11-13-15-24/h8-9,11-15,22-23,25-27,36H,2-3,7,10,16-21H2,1,4-6H3/t22?,23-,25+,26+,27?,31-,32?/m1/s1. The Morgan fingerprint density at radius 3 is 2.42 bits per heavy atom. The van der Waals surface area contributed by atoms with Gasteiger partial charge in [0.05, 0.1) is 30.1 Å². The number of benzene rings is 1.